The fourth-order valence-electron chi connectivity index (χ4n) is 3.85. The van der Waals surface area contributed by atoms with Crippen LogP contribution in [0.5, 0.6) is 11.5 Å². The topological polar surface area (TPSA) is 84.3 Å². The Balaban J connectivity index is 1.86. The minimum absolute atomic E-state index is 0.106. The monoisotopic (exact) mass is 415 g/mol. The number of benzene rings is 1. The predicted octanol–water partition coefficient (Wildman–Crippen LogP) is 2.99. The minimum Gasteiger partial charge on any atom is -0.493 e. The van der Waals surface area contributed by atoms with Crippen LogP contribution in [0.3, 0.4) is 0 Å². The van der Waals surface area contributed by atoms with Crippen molar-refractivity contribution in [2.75, 3.05) is 39.7 Å². The van der Waals surface area contributed by atoms with Gasteiger partial charge < -0.3 is 24.1 Å². The number of hydrogen-bond donors (Lipinski definition) is 1. The summed E-state index contributed by atoms with van der Waals surface area (Å²) in [5.74, 6) is 0.463. The summed E-state index contributed by atoms with van der Waals surface area (Å²) in [6.07, 6.45) is 4.97. The lowest BCUT2D eigenvalue weighted by Gasteiger charge is -2.23. The van der Waals surface area contributed by atoms with Crippen molar-refractivity contribution in [1.82, 2.24) is 9.80 Å². The Morgan fingerprint density at radius 1 is 1.30 bits per heavy atom. The van der Waals surface area contributed by atoms with Crippen LogP contribution in [-0.4, -0.2) is 62.0 Å². The Morgan fingerprint density at radius 3 is 2.73 bits per heavy atom. The highest BCUT2D eigenvalue weighted by atomic mass is 16.5. The number of nitrogens with one attached hydrogen (secondary N) is 1. The van der Waals surface area contributed by atoms with Gasteiger partial charge in [0.05, 0.1) is 38.5 Å². The van der Waals surface area contributed by atoms with Gasteiger partial charge in [0, 0.05) is 24.7 Å². The maximum absolute atomic E-state index is 13.0. The van der Waals surface area contributed by atoms with E-state index in [2.05, 4.69) is 10.2 Å². The Morgan fingerprint density at radius 2 is 2.10 bits per heavy atom. The molecule has 1 aromatic carbocycles. The smallest absolute Gasteiger partial charge is 0.254 e. The fourth-order valence-corrected chi connectivity index (χ4v) is 3.85. The molecule has 0 unspecified atom stereocenters. The molecular weight excluding hydrogens is 386 g/mol. The van der Waals surface area contributed by atoms with Crippen molar-refractivity contribution in [3.63, 3.8) is 0 Å². The zero-order valence-electron chi connectivity index (χ0n) is 17.9. The first-order valence-electron chi connectivity index (χ1n) is 10.1. The van der Waals surface area contributed by atoms with Gasteiger partial charge in [0.1, 0.15) is 0 Å². The van der Waals surface area contributed by atoms with E-state index in [1.54, 1.807) is 36.6 Å². The van der Waals surface area contributed by atoms with Gasteiger partial charge in [0.15, 0.2) is 11.5 Å². The average molecular weight is 415 g/mol. The van der Waals surface area contributed by atoms with Gasteiger partial charge in [-0.15, -0.1) is 0 Å². The van der Waals surface area contributed by atoms with Crippen molar-refractivity contribution in [3.05, 3.63) is 41.9 Å². The number of likely N-dealkylation sites (N-methyl/N-ethyl adjacent to an activating group) is 1. The molecule has 2 aromatic rings. The number of anilines is 1. The maximum atomic E-state index is 13.0. The summed E-state index contributed by atoms with van der Waals surface area (Å²) in [6.45, 7) is 4.17. The summed E-state index contributed by atoms with van der Waals surface area (Å²) in [5, 5.41) is 2.95. The van der Waals surface area contributed by atoms with Crippen molar-refractivity contribution in [1.29, 1.82) is 0 Å². The van der Waals surface area contributed by atoms with Gasteiger partial charge >= 0.3 is 0 Å². The SMILES string of the molecule is CCN1CCC[C@H]1C(=O)Nc1cc(C(=O)N(C)Cc2ccoc2)cc(OC)c1OC. The quantitative estimate of drug-likeness (QED) is 0.714. The third-order valence-corrected chi connectivity index (χ3v) is 5.40. The van der Waals surface area contributed by atoms with Crippen molar-refractivity contribution in [2.24, 2.45) is 0 Å². The molecule has 2 amide bonds. The van der Waals surface area contributed by atoms with Crippen LogP contribution in [0.2, 0.25) is 0 Å². The molecule has 1 aliphatic heterocycles. The van der Waals surface area contributed by atoms with Gasteiger partial charge in [-0.05, 0) is 44.1 Å². The second kappa shape index (κ2) is 9.67. The molecule has 1 N–H and O–H groups in total. The summed E-state index contributed by atoms with van der Waals surface area (Å²) in [6, 6.07) is 4.88. The van der Waals surface area contributed by atoms with Crippen LogP contribution in [0.4, 0.5) is 5.69 Å². The average Bonchev–Trinajstić information content (AvgIpc) is 3.44. The normalized spacial score (nSPS) is 16.3. The first-order valence-corrected chi connectivity index (χ1v) is 10.1. The number of furan rings is 1. The zero-order chi connectivity index (χ0) is 21.7. The summed E-state index contributed by atoms with van der Waals surface area (Å²) in [5.41, 5.74) is 1.71. The number of carbonyl (C=O) groups excluding carboxylic acids is 2. The van der Waals surface area contributed by atoms with Crippen molar-refractivity contribution in [2.45, 2.75) is 32.4 Å². The third-order valence-electron chi connectivity index (χ3n) is 5.40. The van der Waals surface area contributed by atoms with E-state index in [-0.39, 0.29) is 17.9 Å². The van der Waals surface area contributed by atoms with E-state index < -0.39 is 0 Å². The second-order valence-electron chi connectivity index (χ2n) is 7.33. The molecule has 1 fully saturated rings. The Bertz CT molecular complexity index is 881. The molecule has 8 heteroatoms. The molecule has 1 aliphatic rings. The van der Waals surface area contributed by atoms with Crippen molar-refractivity contribution >= 4 is 17.5 Å². The van der Waals surface area contributed by atoms with Gasteiger partial charge in [0.2, 0.25) is 5.91 Å². The molecule has 0 saturated carbocycles. The number of hydrogen-bond acceptors (Lipinski definition) is 6. The lowest BCUT2D eigenvalue weighted by molar-refractivity contribution is -0.120. The van der Waals surface area contributed by atoms with Crippen LogP contribution in [0, 0.1) is 0 Å². The molecule has 0 radical (unpaired) electrons. The lowest BCUT2D eigenvalue weighted by atomic mass is 10.1. The highest BCUT2D eigenvalue weighted by molar-refractivity contribution is 6.00. The zero-order valence-corrected chi connectivity index (χ0v) is 17.9. The van der Waals surface area contributed by atoms with Gasteiger partial charge in [0.25, 0.3) is 5.91 Å². The Labute approximate surface area is 176 Å². The molecule has 0 aliphatic carbocycles. The largest absolute Gasteiger partial charge is 0.493 e. The second-order valence-corrected chi connectivity index (χ2v) is 7.33. The van der Waals surface area contributed by atoms with Gasteiger partial charge in [-0.2, -0.15) is 0 Å². The van der Waals surface area contributed by atoms with Crippen LogP contribution < -0.4 is 14.8 Å². The lowest BCUT2D eigenvalue weighted by Crippen LogP contribution is -2.39. The first kappa shape index (κ1) is 21.7. The number of ether oxygens (including phenoxy) is 2. The number of amides is 2. The molecule has 1 saturated heterocycles. The number of likely N-dealkylation sites (tertiary alicyclic amines) is 1. The molecule has 3 rings (SSSR count). The molecule has 30 heavy (non-hydrogen) atoms. The van der Waals surface area contributed by atoms with E-state index >= 15 is 0 Å². The molecule has 8 nitrogen and oxygen atoms in total. The van der Waals surface area contributed by atoms with Gasteiger partial charge in [-0.1, -0.05) is 6.92 Å². The Hall–Kier alpha value is -3.00. The highest BCUT2D eigenvalue weighted by Crippen LogP contribution is 2.37. The van der Waals surface area contributed by atoms with Crippen LogP contribution in [-0.2, 0) is 11.3 Å². The maximum Gasteiger partial charge on any atom is 0.254 e. The molecule has 1 aromatic heterocycles. The van der Waals surface area contributed by atoms with Crippen molar-refractivity contribution in [3.8, 4) is 11.5 Å². The van der Waals surface area contributed by atoms with Crippen LogP contribution in [0.15, 0.2) is 35.1 Å². The molecule has 0 spiro atoms. The van der Waals surface area contributed by atoms with E-state index in [9.17, 15) is 9.59 Å². The van der Waals surface area contributed by atoms with Crippen LogP contribution in [0.1, 0.15) is 35.7 Å². The minimum atomic E-state index is -0.205. The molecule has 2 heterocycles. The first-order chi connectivity index (χ1) is 14.5. The summed E-state index contributed by atoms with van der Waals surface area (Å²) in [4.78, 5) is 29.7. The van der Waals surface area contributed by atoms with E-state index in [4.69, 9.17) is 13.9 Å². The van der Waals surface area contributed by atoms with E-state index in [0.29, 0.717) is 29.3 Å². The Kier molecular flexibility index (Phi) is 6.99. The number of carbonyl (C=O) groups is 2. The van der Waals surface area contributed by atoms with E-state index in [0.717, 1.165) is 31.5 Å². The van der Waals surface area contributed by atoms with E-state index in [1.165, 1.54) is 14.2 Å². The number of nitrogens with zero attached hydrogens (tertiary/aromatic N) is 2. The van der Waals surface area contributed by atoms with E-state index in [1.807, 2.05) is 13.0 Å². The predicted molar refractivity (Wildman–Crippen MR) is 113 cm³/mol. The number of methoxy groups -OCH3 is 2. The molecule has 0 bridgehead atoms. The third kappa shape index (κ3) is 4.59. The summed E-state index contributed by atoms with van der Waals surface area (Å²) in [7, 11) is 4.72. The summed E-state index contributed by atoms with van der Waals surface area (Å²) >= 11 is 0. The van der Waals surface area contributed by atoms with Gasteiger partial charge in [-0.25, -0.2) is 0 Å². The van der Waals surface area contributed by atoms with Gasteiger partial charge in [-0.3, -0.25) is 14.5 Å². The molecule has 1 atom stereocenters. The molecular formula is C22H29N3O5. The highest BCUT2D eigenvalue weighted by Gasteiger charge is 2.30. The summed E-state index contributed by atoms with van der Waals surface area (Å²) < 4.78 is 16.0. The molecule has 162 valence electrons. The van der Waals surface area contributed by atoms with Crippen LogP contribution >= 0.6 is 0 Å². The standard InChI is InChI=1S/C22H29N3O5/c1-5-25-9-6-7-18(25)21(26)23-17-11-16(12-19(28-3)20(17)29-4)22(27)24(2)13-15-8-10-30-14-15/h8,10-12,14,18H,5-7,9,13H2,1-4H3,(H,23,26)/t18-/m0/s1. The van der Waals surface area contributed by atoms with Crippen molar-refractivity contribution < 1.29 is 23.5 Å². The number of rotatable bonds is 8. The van der Waals surface area contributed by atoms with Crippen LogP contribution in [0.25, 0.3) is 0 Å². The fraction of sp³-hybridized carbons (Fsp3) is 0.455.